The molecule has 0 unspecified atom stereocenters. The van der Waals surface area contributed by atoms with E-state index in [0.717, 1.165) is 31.9 Å². The molecule has 4 atom stereocenters. The summed E-state index contributed by atoms with van der Waals surface area (Å²) in [5.41, 5.74) is 0. The molecule has 2 saturated heterocycles. The average molecular weight is 294 g/mol. The van der Waals surface area contributed by atoms with Crippen molar-refractivity contribution in [2.24, 2.45) is 5.92 Å². The van der Waals surface area contributed by atoms with Crippen LogP contribution in [-0.4, -0.2) is 42.3 Å². The summed E-state index contributed by atoms with van der Waals surface area (Å²) < 4.78 is 5.66. The maximum absolute atomic E-state index is 12.5. The van der Waals surface area contributed by atoms with Crippen molar-refractivity contribution in [3.63, 3.8) is 0 Å². The highest BCUT2D eigenvalue weighted by Crippen LogP contribution is 2.36. The third kappa shape index (κ3) is 3.71. The largest absolute Gasteiger partial charge is 0.378 e. The van der Waals surface area contributed by atoms with Crippen LogP contribution in [0.25, 0.3) is 0 Å². The van der Waals surface area contributed by atoms with Crippen molar-refractivity contribution in [3.05, 3.63) is 0 Å². The Balaban J connectivity index is 1.43. The fraction of sp³-hybridized carbons (Fsp3) is 0.941. The number of nitrogens with one attached hydrogen (secondary N) is 1. The van der Waals surface area contributed by atoms with Gasteiger partial charge >= 0.3 is 6.03 Å². The fourth-order valence-electron chi connectivity index (χ4n) is 4.38. The van der Waals surface area contributed by atoms with Crippen molar-refractivity contribution in [1.29, 1.82) is 0 Å². The molecular formula is C17H30N2O2. The van der Waals surface area contributed by atoms with Gasteiger partial charge in [-0.3, -0.25) is 0 Å². The first kappa shape index (κ1) is 15.1. The van der Waals surface area contributed by atoms with Gasteiger partial charge in [0.05, 0.1) is 6.10 Å². The summed E-state index contributed by atoms with van der Waals surface area (Å²) in [4.78, 5) is 14.7. The van der Waals surface area contributed by atoms with Crippen molar-refractivity contribution >= 4 is 6.03 Å². The highest BCUT2D eigenvalue weighted by molar-refractivity contribution is 5.75. The number of hydrogen-bond acceptors (Lipinski definition) is 2. The molecule has 0 aromatic heterocycles. The van der Waals surface area contributed by atoms with Crippen LogP contribution in [0, 0.1) is 5.92 Å². The predicted octanol–water partition coefficient (Wildman–Crippen LogP) is 3.31. The summed E-state index contributed by atoms with van der Waals surface area (Å²) in [5.74, 6) is 0.770. The Morgan fingerprint density at radius 2 is 2.10 bits per heavy atom. The minimum atomic E-state index is 0.173. The van der Waals surface area contributed by atoms with Crippen LogP contribution in [0.2, 0.25) is 0 Å². The molecule has 2 amide bonds. The smallest absolute Gasteiger partial charge is 0.317 e. The summed E-state index contributed by atoms with van der Waals surface area (Å²) in [7, 11) is 0. The van der Waals surface area contributed by atoms with Crippen molar-refractivity contribution in [1.82, 2.24) is 10.2 Å². The number of fused-ring (bicyclic) bond motifs is 1. The van der Waals surface area contributed by atoms with Crippen LogP contribution in [0.5, 0.6) is 0 Å². The van der Waals surface area contributed by atoms with E-state index in [1.54, 1.807) is 0 Å². The van der Waals surface area contributed by atoms with Crippen molar-refractivity contribution in [3.8, 4) is 0 Å². The zero-order chi connectivity index (χ0) is 14.7. The lowest BCUT2D eigenvalue weighted by Gasteiger charge is -2.38. The van der Waals surface area contributed by atoms with E-state index in [0.29, 0.717) is 12.1 Å². The maximum atomic E-state index is 12.5. The Morgan fingerprint density at radius 3 is 2.90 bits per heavy atom. The van der Waals surface area contributed by atoms with E-state index in [9.17, 15) is 4.79 Å². The average Bonchev–Trinajstić information content (AvgIpc) is 3.15. The first-order valence-corrected chi connectivity index (χ1v) is 8.93. The summed E-state index contributed by atoms with van der Waals surface area (Å²) >= 11 is 0. The zero-order valence-corrected chi connectivity index (χ0v) is 13.4. The minimum absolute atomic E-state index is 0.173. The predicted molar refractivity (Wildman–Crippen MR) is 83.3 cm³/mol. The highest BCUT2D eigenvalue weighted by atomic mass is 16.5. The van der Waals surface area contributed by atoms with E-state index in [1.165, 1.54) is 44.9 Å². The minimum Gasteiger partial charge on any atom is -0.378 e. The maximum Gasteiger partial charge on any atom is 0.317 e. The van der Waals surface area contributed by atoms with Gasteiger partial charge in [-0.15, -0.1) is 0 Å². The van der Waals surface area contributed by atoms with Gasteiger partial charge in [0, 0.05) is 25.2 Å². The third-order valence-electron chi connectivity index (χ3n) is 5.57. The fourth-order valence-corrected chi connectivity index (χ4v) is 4.38. The molecule has 1 saturated carbocycles. The highest BCUT2D eigenvalue weighted by Gasteiger charge is 2.37. The Hall–Kier alpha value is -0.770. The van der Waals surface area contributed by atoms with E-state index in [1.807, 2.05) is 0 Å². The van der Waals surface area contributed by atoms with Gasteiger partial charge in [0.15, 0.2) is 0 Å². The number of urea groups is 1. The normalized spacial score (nSPS) is 33.8. The second-order valence-corrected chi connectivity index (χ2v) is 7.16. The Morgan fingerprint density at radius 1 is 1.24 bits per heavy atom. The number of nitrogens with zero attached hydrogens (tertiary/aromatic N) is 1. The van der Waals surface area contributed by atoms with Gasteiger partial charge in [0.2, 0.25) is 0 Å². The van der Waals surface area contributed by atoms with Gasteiger partial charge < -0.3 is 15.0 Å². The lowest BCUT2D eigenvalue weighted by molar-refractivity contribution is 0.0985. The monoisotopic (exact) mass is 294 g/mol. The second-order valence-electron chi connectivity index (χ2n) is 7.16. The summed E-state index contributed by atoms with van der Waals surface area (Å²) in [6.45, 7) is 4.00. The molecule has 120 valence electrons. The van der Waals surface area contributed by atoms with E-state index in [-0.39, 0.29) is 12.1 Å². The van der Waals surface area contributed by atoms with Crippen molar-refractivity contribution in [2.75, 3.05) is 13.2 Å². The molecule has 1 N–H and O–H groups in total. The molecule has 3 fully saturated rings. The molecule has 4 nitrogen and oxygen atoms in total. The number of hydrogen-bond donors (Lipinski definition) is 1. The molecule has 2 aliphatic heterocycles. The van der Waals surface area contributed by atoms with Crippen LogP contribution in [0.3, 0.4) is 0 Å². The molecule has 3 rings (SSSR count). The molecule has 0 aromatic carbocycles. The van der Waals surface area contributed by atoms with Crippen LogP contribution in [0.4, 0.5) is 4.79 Å². The van der Waals surface area contributed by atoms with Gasteiger partial charge in [-0.2, -0.15) is 0 Å². The quantitative estimate of drug-likeness (QED) is 0.864. The molecule has 0 spiro atoms. The Bertz CT molecular complexity index is 355. The number of piperidine rings is 1. The molecule has 3 aliphatic rings. The Kier molecular flexibility index (Phi) is 5.04. The van der Waals surface area contributed by atoms with Gasteiger partial charge in [-0.25, -0.2) is 4.79 Å². The Labute approximate surface area is 128 Å². The lowest BCUT2D eigenvalue weighted by Crippen LogP contribution is -2.52. The van der Waals surface area contributed by atoms with E-state index in [4.69, 9.17) is 4.74 Å². The summed E-state index contributed by atoms with van der Waals surface area (Å²) in [5, 5.41) is 3.22. The number of amides is 2. The molecule has 0 aromatic rings. The standard InChI is InChI=1S/C17H30N2O2/c1-13(9-10-15-7-4-12-21-15)18-17(20)19-11-3-6-14-5-2-8-16(14)19/h13-16H,2-12H2,1H3,(H,18,20)/t13-,14-,15+,16-/m1/s1. The van der Waals surface area contributed by atoms with Gasteiger partial charge in [-0.1, -0.05) is 6.42 Å². The first-order valence-electron chi connectivity index (χ1n) is 8.93. The molecule has 0 bridgehead atoms. The van der Waals surface area contributed by atoms with E-state index < -0.39 is 0 Å². The molecule has 2 heterocycles. The summed E-state index contributed by atoms with van der Waals surface area (Å²) in [6, 6.07) is 0.944. The molecule has 0 radical (unpaired) electrons. The van der Waals surface area contributed by atoms with Crippen molar-refractivity contribution < 1.29 is 9.53 Å². The molecular weight excluding hydrogens is 264 g/mol. The van der Waals surface area contributed by atoms with Crippen molar-refractivity contribution in [2.45, 2.75) is 82.9 Å². The second kappa shape index (κ2) is 6.99. The topological polar surface area (TPSA) is 41.6 Å². The van der Waals surface area contributed by atoms with Crippen LogP contribution >= 0.6 is 0 Å². The van der Waals surface area contributed by atoms with Gasteiger partial charge in [0.25, 0.3) is 0 Å². The van der Waals surface area contributed by atoms with E-state index >= 15 is 0 Å². The lowest BCUT2D eigenvalue weighted by atomic mass is 9.92. The van der Waals surface area contributed by atoms with Crippen LogP contribution < -0.4 is 5.32 Å². The third-order valence-corrected chi connectivity index (χ3v) is 5.57. The SMILES string of the molecule is C[C@H](CC[C@@H]1CCCO1)NC(=O)N1CCC[C@H]2CCC[C@H]21. The van der Waals surface area contributed by atoms with Crippen LogP contribution in [-0.2, 0) is 4.74 Å². The van der Waals surface area contributed by atoms with Gasteiger partial charge in [-0.05, 0) is 64.2 Å². The van der Waals surface area contributed by atoms with Gasteiger partial charge in [0.1, 0.15) is 0 Å². The zero-order valence-electron chi connectivity index (χ0n) is 13.4. The number of rotatable bonds is 4. The molecule has 1 aliphatic carbocycles. The first-order chi connectivity index (χ1) is 10.2. The number of ether oxygens (including phenoxy) is 1. The summed E-state index contributed by atoms with van der Waals surface area (Å²) in [6.07, 6.45) is 11.3. The number of likely N-dealkylation sites (tertiary alicyclic amines) is 1. The van der Waals surface area contributed by atoms with E-state index in [2.05, 4.69) is 17.1 Å². The number of carbonyl (C=O) groups excluding carboxylic acids is 1. The number of carbonyl (C=O) groups is 1. The molecule has 21 heavy (non-hydrogen) atoms. The van der Waals surface area contributed by atoms with Crippen LogP contribution in [0.15, 0.2) is 0 Å². The molecule has 4 heteroatoms. The van der Waals surface area contributed by atoms with Crippen LogP contribution in [0.1, 0.15) is 64.7 Å².